The highest BCUT2D eigenvalue weighted by molar-refractivity contribution is 7.08. The van der Waals surface area contributed by atoms with Crippen molar-refractivity contribution in [2.75, 3.05) is 0 Å². The van der Waals surface area contributed by atoms with Crippen LogP contribution in [0.25, 0.3) is 0 Å². The molecule has 0 aromatic carbocycles. The van der Waals surface area contributed by atoms with Crippen LogP contribution in [0.5, 0.6) is 0 Å². The van der Waals surface area contributed by atoms with E-state index in [2.05, 4.69) is 97.7 Å². The first kappa shape index (κ1) is 49.1. The van der Waals surface area contributed by atoms with Crippen molar-refractivity contribution in [1.29, 1.82) is 0 Å². The van der Waals surface area contributed by atoms with Crippen LogP contribution in [0.4, 0.5) is 0 Å². The molecule has 3 heteroatoms. The maximum Gasteiger partial charge on any atom is 0.124 e. The van der Waals surface area contributed by atoms with Crippen molar-refractivity contribution in [2.24, 2.45) is 0 Å². The predicted octanol–water partition coefficient (Wildman–Crippen LogP) is 20.9. The van der Waals surface area contributed by atoms with Gasteiger partial charge in [0.25, 0.3) is 0 Å². The van der Waals surface area contributed by atoms with E-state index in [1.54, 1.807) is 77.0 Å². The van der Waals surface area contributed by atoms with Crippen LogP contribution < -0.4 is 0 Å². The monoisotopic (exact) mass is 931 g/mol. The largest absolute Gasteiger partial charge is 0.124 e. The van der Waals surface area contributed by atoms with Crippen molar-refractivity contribution in [1.82, 2.24) is 0 Å². The molecule has 0 atom stereocenters. The molecule has 9 aliphatic rings. The van der Waals surface area contributed by atoms with E-state index in [-0.39, 0.29) is 0 Å². The molecule has 0 unspecified atom stereocenters. The van der Waals surface area contributed by atoms with Gasteiger partial charge in [-0.05, 0) is 119 Å². The smallest absolute Gasteiger partial charge is 0.0747 e. The molecule has 9 rings (SSSR count). The Morgan fingerprint density at radius 3 is 0.615 bits per heavy atom. The summed E-state index contributed by atoms with van der Waals surface area (Å²) in [7, 11) is -6.71. The molecule has 0 radical (unpaired) electrons. The van der Waals surface area contributed by atoms with E-state index in [1.807, 2.05) is 22.3 Å². The number of hydrogen-bond donors (Lipinski definition) is 0. The van der Waals surface area contributed by atoms with Gasteiger partial charge in [0, 0.05) is 0 Å². The molecular weight excluding hydrogens is 829 g/mol. The first-order valence-corrected chi connectivity index (χ1v) is 36.7. The zero-order valence-electron chi connectivity index (χ0n) is 44.4. The molecule has 0 spiro atoms. The van der Waals surface area contributed by atoms with Crippen LogP contribution in [0.15, 0.2) is 64.6 Å². The maximum absolute atomic E-state index is 2.87. The minimum Gasteiger partial charge on any atom is -0.0747 e. The molecule has 3 aliphatic heterocycles. The lowest BCUT2D eigenvalue weighted by atomic mass is 9.95. The van der Waals surface area contributed by atoms with E-state index >= 15 is 0 Å². The third kappa shape index (κ3) is 7.68. The highest BCUT2D eigenvalue weighted by Gasteiger charge is 2.68. The van der Waals surface area contributed by atoms with E-state index in [0.29, 0.717) is 0 Å². The third-order valence-electron chi connectivity index (χ3n) is 22.2. The van der Waals surface area contributed by atoms with Gasteiger partial charge in [-0.25, -0.2) is 0 Å². The van der Waals surface area contributed by atoms with Crippen molar-refractivity contribution < 1.29 is 0 Å². The van der Waals surface area contributed by atoms with Crippen LogP contribution in [0.3, 0.4) is 0 Å². The summed E-state index contributed by atoms with van der Waals surface area (Å²) in [5.41, 5.74) is 17.9. The minimum absolute atomic E-state index is 0.956. The van der Waals surface area contributed by atoms with Gasteiger partial charge in [0.15, 0.2) is 0 Å². The highest BCUT2D eigenvalue weighted by Crippen LogP contribution is 2.72. The molecular formula is C62H102Si3. The van der Waals surface area contributed by atoms with Gasteiger partial charge in [0.2, 0.25) is 0 Å². The number of hydrogen-bond acceptors (Lipinski definition) is 0. The Bertz CT molecular complexity index is 1720. The molecule has 3 heterocycles. The Labute approximate surface area is 406 Å². The van der Waals surface area contributed by atoms with Crippen molar-refractivity contribution in [2.45, 2.75) is 320 Å². The fraction of sp³-hybridized carbons (Fsp3) is 0.806. The first-order valence-electron chi connectivity index (χ1n) is 30.2. The summed E-state index contributed by atoms with van der Waals surface area (Å²) >= 11 is 0. The lowest BCUT2D eigenvalue weighted by Gasteiger charge is -2.57. The lowest BCUT2D eigenvalue weighted by molar-refractivity contribution is 0.452. The van der Waals surface area contributed by atoms with Gasteiger partial charge >= 0.3 is 0 Å². The highest BCUT2D eigenvalue weighted by atomic mass is 28.3. The average Bonchev–Trinajstić information content (AvgIpc) is 3.92. The molecule has 0 saturated heterocycles. The normalized spacial score (nSPS) is 28.6. The molecule has 0 amide bonds. The van der Waals surface area contributed by atoms with Gasteiger partial charge in [-0.3, -0.25) is 0 Å². The van der Waals surface area contributed by atoms with E-state index in [1.165, 1.54) is 154 Å². The Balaban J connectivity index is 1.44. The zero-order chi connectivity index (χ0) is 45.3. The second-order valence-electron chi connectivity index (χ2n) is 24.4. The molecule has 0 N–H and O–H groups in total. The average molecular weight is 932 g/mol. The summed E-state index contributed by atoms with van der Waals surface area (Å²) in [6, 6.07) is 0. The fourth-order valence-electron chi connectivity index (χ4n) is 20.2. The van der Waals surface area contributed by atoms with Crippen LogP contribution in [-0.4, -0.2) is 24.2 Å². The summed E-state index contributed by atoms with van der Waals surface area (Å²) in [6.45, 7) is 21.8. The SMILES string of the molecule is CCC1=C(C)[Si](C2CCCCC2)(C2CCCCC2)C(C2=C(CC)C(CC)=C(C3=C(CC)C(CC)=C(C)[Si]3(C3CCCCC3)C3CCCCC3)[Si]2(C2CCCCC2)C2CCCCC2)=C1CC. The molecule has 0 bridgehead atoms. The van der Waals surface area contributed by atoms with Crippen molar-refractivity contribution in [3.63, 3.8) is 0 Å². The maximum atomic E-state index is 2.87. The Hall–Kier alpha value is -0.909. The molecule has 0 nitrogen and oxygen atoms in total. The number of rotatable bonds is 14. The standard InChI is InChI=1S/C62H102Si3/c1-9-53-45(7)63(47-33-21-15-22-34-47,48-35-23-16-24-36-48)59(55(53)11-3)61-57(13-5)58(14-6)62(65(61,51-41-29-19-30-42-51)52-43-31-20-32-44-52)60-56(12-4)54(10-2)46(8)64(60,49-37-25-17-26-38-49)50-39-27-18-28-40-50/h47-52H,9-44H2,1-8H3. The first-order chi connectivity index (χ1) is 31.9. The number of allylic oxidation sites excluding steroid dienone is 12. The molecule has 6 aliphatic carbocycles. The van der Waals surface area contributed by atoms with Crippen molar-refractivity contribution >= 4 is 24.2 Å². The van der Waals surface area contributed by atoms with Gasteiger partial charge in [0.05, 0.1) is 0 Å². The van der Waals surface area contributed by atoms with Gasteiger partial charge in [-0.2, -0.15) is 0 Å². The molecule has 65 heavy (non-hydrogen) atoms. The van der Waals surface area contributed by atoms with E-state index in [0.717, 1.165) is 33.2 Å². The molecule has 0 aromatic rings. The van der Waals surface area contributed by atoms with Crippen LogP contribution in [0.1, 0.15) is 287 Å². The fourth-order valence-corrected chi connectivity index (χ4v) is 46.5. The Morgan fingerprint density at radius 2 is 0.415 bits per heavy atom. The lowest BCUT2D eigenvalue weighted by Crippen LogP contribution is -2.59. The summed E-state index contributed by atoms with van der Waals surface area (Å²) in [5, 5.41) is 13.4. The predicted molar refractivity (Wildman–Crippen MR) is 294 cm³/mol. The van der Waals surface area contributed by atoms with Crippen LogP contribution in [-0.2, 0) is 0 Å². The summed E-state index contributed by atoms with van der Waals surface area (Å²) in [6.07, 6.45) is 53.7. The van der Waals surface area contributed by atoms with Crippen molar-refractivity contribution in [3.05, 3.63) is 64.6 Å². The Kier molecular flexibility index (Phi) is 16.0. The van der Waals surface area contributed by atoms with E-state index < -0.39 is 24.2 Å². The third-order valence-corrected chi connectivity index (χ3v) is 42.5. The minimum atomic E-state index is -2.42. The van der Waals surface area contributed by atoms with Crippen molar-refractivity contribution in [3.8, 4) is 0 Å². The Morgan fingerprint density at radius 1 is 0.246 bits per heavy atom. The van der Waals surface area contributed by atoms with Crippen LogP contribution in [0, 0.1) is 0 Å². The van der Waals surface area contributed by atoms with Gasteiger partial charge < -0.3 is 0 Å². The molecule has 6 fully saturated rings. The van der Waals surface area contributed by atoms with Crippen LogP contribution >= 0.6 is 0 Å². The second-order valence-corrected chi connectivity index (χ2v) is 38.0. The quantitative estimate of drug-likeness (QED) is 0.152. The van der Waals surface area contributed by atoms with E-state index in [9.17, 15) is 0 Å². The summed E-state index contributed by atoms with van der Waals surface area (Å²) in [4.78, 5) is 0. The molecule has 6 saturated carbocycles. The summed E-state index contributed by atoms with van der Waals surface area (Å²) < 4.78 is 0. The molecule has 362 valence electrons. The summed E-state index contributed by atoms with van der Waals surface area (Å²) in [5.74, 6) is 0. The van der Waals surface area contributed by atoms with Gasteiger partial charge in [-0.15, -0.1) is 0 Å². The molecule has 0 aromatic heterocycles. The topological polar surface area (TPSA) is 0 Å². The van der Waals surface area contributed by atoms with Gasteiger partial charge in [-0.1, -0.05) is 265 Å². The van der Waals surface area contributed by atoms with E-state index in [4.69, 9.17) is 0 Å². The zero-order valence-corrected chi connectivity index (χ0v) is 47.4. The second kappa shape index (κ2) is 21.2. The van der Waals surface area contributed by atoms with Gasteiger partial charge in [0.1, 0.15) is 24.2 Å². The van der Waals surface area contributed by atoms with Crippen LogP contribution in [0.2, 0.25) is 33.2 Å².